The Bertz CT molecular complexity index is 546. The Morgan fingerprint density at radius 2 is 2.29 bits per heavy atom. The van der Waals surface area contributed by atoms with Gasteiger partial charge in [0, 0.05) is 13.0 Å². The average Bonchev–Trinajstić information content (AvgIpc) is 2.81. The molecule has 0 unspecified atom stereocenters. The second-order valence-corrected chi connectivity index (χ2v) is 4.53. The monoisotopic (exact) mass is 251 g/mol. The zero-order valence-corrected chi connectivity index (χ0v) is 10.2. The van der Waals surface area contributed by atoms with E-state index in [4.69, 9.17) is 16.6 Å². The average molecular weight is 251 g/mol. The van der Waals surface area contributed by atoms with Gasteiger partial charge in [-0.3, -0.25) is 0 Å². The van der Waals surface area contributed by atoms with E-state index >= 15 is 0 Å². The molecule has 6 nitrogen and oxygen atoms in total. The molecule has 0 bridgehead atoms. The van der Waals surface area contributed by atoms with Gasteiger partial charge in [0.25, 0.3) is 4.84 Å². The summed E-state index contributed by atoms with van der Waals surface area (Å²) in [5.41, 5.74) is 0. The van der Waals surface area contributed by atoms with Crippen molar-refractivity contribution in [3.8, 4) is 0 Å². The molecule has 0 aromatic carbocycles. The molecule has 2 aromatic rings. The minimum atomic E-state index is 0.292. The van der Waals surface area contributed by atoms with Gasteiger partial charge in [-0.15, -0.1) is 5.10 Å². The van der Waals surface area contributed by atoms with Gasteiger partial charge in [-0.25, -0.2) is 14.8 Å². The number of rotatable bonds is 2. The molecule has 1 aliphatic rings. The Morgan fingerprint density at radius 3 is 3.12 bits per heavy atom. The number of nitrogens with one attached hydrogen (secondary N) is 1. The summed E-state index contributed by atoms with van der Waals surface area (Å²) in [4.78, 5) is 4.81. The highest BCUT2D eigenvalue weighted by Crippen LogP contribution is 2.13. The Balaban J connectivity index is 1.82. The predicted molar refractivity (Wildman–Crippen MR) is 62.1 cm³/mol. The molecule has 0 saturated carbocycles. The fourth-order valence-corrected chi connectivity index (χ4v) is 2.20. The fraction of sp³-hybridized carbons (Fsp3) is 0.600. The van der Waals surface area contributed by atoms with E-state index in [0.29, 0.717) is 17.1 Å². The number of hydrogen-bond acceptors (Lipinski definition) is 5. The maximum Gasteiger partial charge on any atom is 0.284 e. The zero-order valence-electron chi connectivity index (χ0n) is 9.35. The number of H-pyrrole nitrogens is 1. The van der Waals surface area contributed by atoms with Crippen LogP contribution in [0.3, 0.4) is 0 Å². The molecule has 3 rings (SSSR count). The molecule has 1 N–H and O–H groups in total. The van der Waals surface area contributed by atoms with E-state index in [-0.39, 0.29) is 0 Å². The number of aromatic nitrogens is 5. The maximum atomic E-state index is 5.20. The molecule has 0 fully saturated rings. The van der Waals surface area contributed by atoms with Gasteiger partial charge in [-0.1, -0.05) is 6.42 Å². The summed E-state index contributed by atoms with van der Waals surface area (Å²) < 4.78 is 7.21. The fourth-order valence-electron chi connectivity index (χ4n) is 2.06. The van der Waals surface area contributed by atoms with Gasteiger partial charge in [0.2, 0.25) is 5.89 Å². The highest BCUT2D eigenvalue weighted by molar-refractivity contribution is 7.71. The predicted octanol–water partition coefficient (Wildman–Crippen LogP) is 1.64. The number of aromatic amines is 1. The number of nitrogens with zero attached hydrogens (tertiary/aromatic N) is 4. The summed E-state index contributed by atoms with van der Waals surface area (Å²) in [6.07, 6.45) is 5.14. The van der Waals surface area contributed by atoms with Crippen LogP contribution in [0.1, 0.15) is 36.8 Å². The van der Waals surface area contributed by atoms with Crippen LogP contribution in [-0.4, -0.2) is 25.0 Å². The van der Waals surface area contributed by atoms with E-state index in [0.717, 1.165) is 24.6 Å². The SMILES string of the molecule is S=c1[nH]nc(Cc2nc3n(n2)CCCCC3)o1. The van der Waals surface area contributed by atoms with E-state index in [1.54, 1.807) is 0 Å². The third-order valence-corrected chi connectivity index (χ3v) is 3.03. The first kappa shape index (κ1) is 10.6. The van der Waals surface area contributed by atoms with E-state index in [1.807, 2.05) is 4.68 Å². The lowest BCUT2D eigenvalue weighted by Gasteiger charge is -1.97. The first-order chi connectivity index (χ1) is 8.31. The van der Waals surface area contributed by atoms with Crippen LogP contribution in [-0.2, 0) is 19.4 Å². The summed E-state index contributed by atoms with van der Waals surface area (Å²) >= 11 is 4.82. The minimum absolute atomic E-state index is 0.292. The lowest BCUT2D eigenvalue weighted by atomic mass is 10.2. The van der Waals surface area contributed by atoms with E-state index < -0.39 is 0 Å². The van der Waals surface area contributed by atoms with Gasteiger partial charge in [0.15, 0.2) is 5.82 Å². The molecule has 0 atom stereocenters. The third-order valence-electron chi connectivity index (χ3n) is 2.85. The van der Waals surface area contributed by atoms with Crippen LogP contribution in [0.25, 0.3) is 0 Å². The first-order valence-corrected chi connectivity index (χ1v) is 6.19. The molecule has 3 heterocycles. The first-order valence-electron chi connectivity index (χ1n) is 5.78. The van der Waals surface area contributed by atoms with Gasteiger partial charge in [0.05, 0.1) is 6.42 Å². The van der Waals surface area contributed by atoms with Crippen molar-refractivity contribution in [1.82, 2.24) is 25.0 Å². The minimum Gasteiger partial charge on any atom is -0.414 e. The number of aryl methyl sites for hydroxylation is 2. The topological polar surface area (TPSA) is 72.5 Å². The smallest absolute Gasteiger partial charge is 0.284 e. The van der Waals surface area contributed by atoms with Gasteiger partial charge in [0.1, 0.15) is 5.82 Å². The van der Waals surface area contributed by atoms with Crippen LogP contribution in [0.15, 0.2) is 4.42 Å². The Morgan fingerprint density at radius 1 is 1.35 bits per heavy atom. The maximum absolute atomic E-state index is 5.20. The highest BCUT2D eigenvalue weighted by atomic mass is 32.1. The summed E-state index contributed by atoms with van der Waals surface area (Å²) in [5, 5.41) is 11.0. The van der Waals surface area contributed by atoms with Crippen LogP contribution in [0.2, 0.25) is 0 Å². The molecule has 1 aliphatic heterocycles. The molecule has 7 heteroatoms. The van der Waals surface area contributed by atoms with Crippen molar-refractivity contribution in [3.63, 3.8) is 0 Å². The quantitative estimate of drug-likeness (QED) is 0.821. The van der Waals surface area contributed by atoms with Crippen molar-refractivity contribution >= 4 is 12.2 Å². The second kappa shape index (κ2) is 4.40. The largest absolute Gasteiger partial charge is 0.414 e. The summed E-state index contributed by atoms with van der Waals surface area (Å²) in [6.45, 7) is 0.965. The number of fused-ring (bicyclic) bond motifs is 1. The normalized spacial score (nSPS) is 15.5. The number of hydrogen-bond donors (Lipinski definition) is 1. The molecule has 0 radical (unpaired) electrons. The van der Waals surface area contributed by atoms with Gasteiger partial charge >= 0.3 is 0 Å². The van der Waals surface area contributed by atoms with Crippen LogP contribution < -0.4 is 0 Å². The molecule has 0 amide bonds. The van der Waals surface area contributed by atoms with Crippen molar-refractivity contribution in [2.24, 2.45) is 0 Å². The Hall–Kier alpha value is -1.50. The van der Waals surface area contributed by atoms with Crippen molar-refractivity contribution in [2.45, 2.75) is 38.6 Å². The molecule has 2 aromatic heterocycles. The van der Waals surface area contributed by atoms with Crippen LogP contribution in [0.5, 0.6) is 0 Å². The highest BCUT2D eigenvalue weighted by Gasteiger charge is 2.14. The van der Waals surface area contributed by atoms with Gasteiger partial charge in [-0.05, 0) is 25.1 Å². The molecule has 0 aliphatic carbocycles. The summed E-state index contributed by atoms with van der Waals surface area (Å²) in [7, 11) is 0. The molecular formula is C10H13N5OS. The van der Waals surface area contributed by atoms with Gasteiger partial charge in [-0.2, -0.15) is 5.10 Å². The molecular weight excluding hydrogens is 238 g/mol. The lowest BCUT2D eigenvalue weighted by Crippen LogP contribution is -2.02. The van der Waals surface area contributed by atoms with Crippen molar-refractivity contribution in [1.29, 1.82) is 0 Å². The van der Waals surface area contributed by atoms with Crippen LogP contribution in [0, 0.1) is 4.84 Å². The van der Waals surface area contributed by atoms with Gasteiger partial charge < -0.3 is 4.42 Å². The van der Waals surface area contributed by atoms with Crippen molar-refractivity contribution in [3.05, 3.63) is 22.4 Å². The van der Waals surface area contributed by atoms with Crippen molar-refractivity contribution < 1.29 is 4.42 Å². The molecule has 17 heavy (non-hydrogen) atoms. The lowest BCUT2D eigenvalue weighted by molar-refractivity contribution is 0.486. The van der Waals surface area contributed by atoms with E-state index in [9.17, 15) is 0 Å². The standard InChI is InChI=1S/C10H13N5OS/c17-10-13-12-9(16-10)6-7-11-8-4-2-1-3-5-15(8)14-7/h1-6H2,(H,13,17). The van der Waals surface area contributed by atoms with Crippen LogP contribution >= 0.6 is 12.2 Å². The zero-order chi connectivity index (χ0) is 11.7. The van der Waals surface area contributed by atoms with Crippen LogP contribution in [0.4, 0.5) is 0 Å². The van der Waals surface area contributed by atoms with E-state index in [1.165, 1.54) is 19.3 Å². The summed E-state index contributed by atoms with van der Waals surface area (Å²) in [5.74, 6) is 2.37. The Labute approximate surface area is 103 Å². The molecule has 0 spiro atoms. The third kappa shape index (κ3) is 2.28. The van der Waals surface area contributed by atoms with Crippen molar-refractivity contribution in [2.75, 3.05) is 0 Å². The van der Waals surface area contributed by atoms with E-state index in [2.05, 4.69) is 20.3 Å². The summed E-state index contributed by atoms with van der Waals surface area (Å²) in [6, 6.07) is 0. The molecule has 90 valence electrons. The Kier molecular flexibility index (Phi) is 2.76. The second-order valence-electron chi connectivity index (χ2n) is 4.16. The molecule has 0 saturated heterocycles.